The molecule has 0 amide bonds. The third kappa shape index (κ3) is 5.66. The van der Waals surface area contributed by atoms with Crippen LogP contribution in [0.15, 0.2) is 24.3 Å². The van der Waals surface area contributed by atoms with Crippen LogP contribution in [0, 0.1) is 10.1 Å². The molecule has 1 N–H and O–H groups in total. The Labute approximate surface area is 158 Å². The monoisotopic (exact) mass is 398 g/mol. The normalized spacial score (nSPS) is 18.6. The summed E-state index contributed by atoms with van der Waals surface area (Å²) in [5.74, 6) is -0.938. The summed E-state index contributed by atoms with van der Waals surface area (Å²) in [6, 6.07) is 5.37. The van der Waals surface area contributed by atoms with E-state index in [-0.39, 0.29) is 18.9 Å². The van der Waals surface area contributed by atoms with Crippen molar-refractivity contribution in [3.63, 3.8) is 0 Å². The number of thioether (sulfide) groups is 1. The van der Waals surface area contributed by atoms with Gasteiger partial charge in [-0.15, -0.1) is 0 Å². The summed E-state index contributed by atoms with van der Waals surface area (Å²) in [5, 5.41) is 12.8. The van der Waals surface area contributed by atoms with Crippen molar-refractivity contribution in [2.45, 2.75) is 31.2 Å². The number of esters is 1. The van der Waals surface area contributed by atoms with E-state index in [2.05, 4.69) is 5.32 Å². The summed E-state index contributed by atoms with van der Waals surface area (Å²) in [7, 11) is 0. The molecule has 0 unspecified atom stereocenters. The maximum absolute atomic E-state index is 12.4. The number of nitro groups is 1. The maximum atomic E-state index is 12.4. The molecule has 1 atom stereocenters. The maximum Gasteiger partial charge on any atom is 0.516 e. The Hall–Kier alpha value is -2.66. The molecular weight excluding hydrogens is 380 g/mol. The zero-order valence-electron chi connectivity index (χ0n) is 14.5. The van der Waals surface area contributed by atoms with Crippen molar-refractivity contribution in [1.82, 2.24) is 5.32 Å². The Kier molecular flexibility index (Phi) is 7.13. The van der Waals surface area contributed by atoms with Crippen LogP contribution in [-0.4, -0.2) is 40.4 Å². The molecule has 0 saturated carbocycles. The second-order valence-electron chi connectivity index (χ2n) is 5.49. The fourth-order valence-corrected chi connectivity index (χ4v) is 3.36. The number of rotatable bonds is 6. The molecule has 0 aliphatic carbocycles. The van der Waals surface area contributed by atoms with Gasteiger partial charge in [0.25, 0.3) is 5.69 Å². The third-order valence-electron chi connectivity index (χ3n) is 3.65. The first kappa shape index (κ1) is 20.6. The van der Waals surface area contributed by atoms with Crippen LogP contribution in [0.4, 0.5) is 15.3 Å². The fourth-order valence-electron chi connectivity index (χ4n) is 2.35. The lowest BCUT2D eigenvalue weighted by atomic mass is 10.2. The lowest BCUT2D eigenvalue weighted by molar-refractivity contribution is -0.384. The van der Waals surface area contributed by atoms with Crippen LogP contribution >= 0.6 is 11.8 Å². The van der Waals surface area contributed by atoms with Crippen LogP contribution in [0.1, 0.15) is 25.3 Å². The molecule has 0 bridgehead atoms. The summed E-state index contributed by atoms with van der Waals surface area (Å²) < 4.78 is 14.4. The Balaban J connectivity index is 1.90. The molecule has 1 fully saturated rings. The minimum atomic E-state index is -1.39. The molecule has 1 saturated heterocycles. The number of nitrogens with zero attached hydrogens (tertiary/aromatic N) is 1. The Bertz CT molecular complexity index is 716. The molecular formula is C16H18N2O8S. The van der Waals surface area contributed by atoms with Gasteiger partial charge >= 0.3 is 17.4 Å². The number of benzene rings is 1. The molecule has 1 heterocycles. The van der Waals surface area contributed by atoms with Gasteiger partial charge in [0.05, 0.1) is 11.5 Å². The SMILES string of the molecule is CCOC(=O)S[C@@]1(C(=O)OC(=O)OCc2ccc([N+](=O)[O-])cc2)CCCN1. The average molecular weight is 398 g/mol. The van der Waals surface area contributed by atoms with E-state index in [9.17, 15) is 24.5 Å². The zero-order chi connectivity index (χ0) is 19.9. The second-order valence-corrected chi connectivity index (χ2v) is 6.73. The molecule has 146 valence electrons. The number of carbonyl (C=O) groups excluding carboxylic acids is 3. The van der Waals surface area contributed by atoms with E-state index in [0.717, 1.165) is 0 Å². The first-order valence-electron chi connectivity index (χ1n) is 8.09. The van der Waals surface area contributed by atoms with Crippen molar-refractivity contribution in [2.24, 2.45) is 0 Å². The summed E-state index contributed by atoms with van der Waals surface area (Å²) in [4.78, 5) is 44.5. The van der Waals surface area contributed by atoms with Crippen molar-refractivity contribution < 1.29 is 33.5 Å². The molecule has 1 aromatic carbocycles. The van der Waals surface area contributed by atoms with Crippen LogP contribution in [0.5, 0.6) is 0 Å². The van der Waals surface area contributed by atoms with Crippen LogP contribution in [0.25, 0.3) is 0 Å². The highest BCUT2D eigenvalue weighted by molar-refractivity contribution is 8.15. The second kappa shape index (κ2) is 9.33. The van der Waals surface area contributed by atoms with Crippen molar-refractivity contribution >= 4 is 34.9 Å². The standard InChI is InChI=1S/C16H18N2O8S/c1-2-24-15(21)27-16(8-3-9-17-16)13(19)26-14(20)25-10-11-4-6-12(7-5-11)18(22)23/h4-7,17H,2-3,8-10H2,1H3/t16-/m1/s1. The summed E-state index contributed by atoms with van der Waals surface area (Å²) >= 11 is 0.630. The van der Waals surface area contributed by atoms with E-state index >= 15 is 0 Å². The van der Waals surface area contributed by atoms with Gasteiger partial charge in [-0.2, -0.15) is 0 Å². The lowest BCUT2D eigenvalue weighted by Gasteiger charge is -2.24. The number of nitro benzene ring substituents is 1. The summed E-state index contributed by atoms with van der Waals surface area (Å²) in [5.41, 5.74) is 0.390. The molecule has 11 heteroatoms. The molecule has 1 aromatic rings. The van der Waals surface area contributed by atoms with E-state index < -0.39 is 27.2 Å². The fraction of sp³-hybridized carbons (Fsp3) is 0.438. The lowest BCUT2D eigenvalue weighted by Crippen LogP contribution is -2.47. The first-order valence-corrected chi connectivity index (χ1v) is 8.91. The minimum absolute atomic E-state index is 0.0956. The zero-order valence-corrected chi connectivity index (χ0v) is 15.3. The molecule has 27 heavy (non-hydrogen) atoms. The molecule has 1 aliphatic rings. The number of carbonyl (C=O) groups is 3. The van der Waals surface area contributed by atoms with E-state index in [1.54, 1.807) is 6.92 Å². The Morgan fingerprint density at radius 2 is 1.96 bits per heavy atom. The number of nitrogens with one attached hydrogen (secondary N) is 1. The topological polar surface area (TPSA) is 134 Å². The highest BCUT2D eigenvalue weighted by Crippen LogP contribution is 2.34. The molecule has 0 radical (unpaired) electrons. The number of hydrogen-bond acceptors (Lipinski definition) is 10. The van der Waals surface area contributed by atoms with Crippen molar-refractivity contribution in [1.29, 1.82) is 0 Å². The Morgan fingerprint density at radius 1 is 1.26 bits per heavy atom. The summed E-state index contributed by atoms with van der Waals surface area (Å²) in [6.07, 6.45) is -0.305. The highest BCUT2D eigenvalue weighted by Gasteiger charge is 2.47. The average Bonchev–Trinajstić information content (AvgIpc) is 3.10. The van der Waals surface area contributed by atoms with Gasteiger partial charge in [0.2, 0.25) is 0 Å². The van der Waals surface area contributed by atoms with Crippen molar-refractivity contribution in [3.05, 3.63) is 39.9 Å². The van der Waals surface area contributed by atoms with Crippen LogP contribution in [-0.2, 0) is 25.6 Å². The van der Waals surface area contributed by atoms with Crippen molar-refractivity contribution in [3.8, 4) is 0 Å². The van der Waals surface area contributed by atoms with Gasteiger partial charge in [0.1, 0.15) is 6.61 Å². The van der Waals surface area contributed by atoms with E-state index in [4.69, 9.17) is 14.2 Å². The first-order chi connectivity index (χ1) is 12.9. The largest absolute Gasteiger partial charge is 0.516 e. The smallest absolute Gasteiger partial charge is 0.458 e. The van der Waals surface area contributed by atoms with Gasteiger partial charge in [-0.3, -0.25) is 15.4 Å². The molecule has 10 nitrogen and oxygen atoms in total. The van der Waals surface area contributed by atoms with Gasteiger partial charge in [0, 0.05) is 12.1 Å². The molecule has 0 aromatic heterocycles. The van der Waals surface area contributed by atoms with Gasteiger partial charge in [-0.05, 0) is 55.8 Å². The van der Waals surface area contributed by atoms with E-state index in [0.29, 0.717) is 36.7 Å². The van der Waals surface area contributed by atoms with Crippen LogP contribution in [0.2, 0.25) is 0 Å². The van der Waals surface area contributed by atoms with Crippen molar-refractivity contribution in [2.75, 3.05) is 13.2 Å². The third-order valence-corrected chi connectivity index (χ3v) is 4.79. The van der Waals surface area contributed by atoms with E-state index in [1.165, 1.54) is 24.3 Å². The Morgan fingerprint density at radius 3 is 2.52 bits per heavy atom. The van der Waals surface area contributed by atoms with Gasteiger partial charge in [-0.25, -0.2) is 14.4 Å². The van der Waals surface area contributed by atoms with E-state index in [1.807, 2.05) is 0 Å². The number of hydrogen-bond donors (Lipinski definition) is 1. The predicted octanol–water partition coefficient (Wildman–Crippen LogP) is 2.74. The van der Waals surface area contributed by atoms with Gasteiger partial charge < -0.3 is 14.2 Å². The minimum Gasteiger partial charge on any atom is -0.458 e. The highest BCUT2D eigenvalue weighted by atomic mass is 32.2. The van der Waals surface area contributed by atoms with Crippen LogP contribution < -0.4 is 5.32 Å². The number of ether oxygens (including phenoxy) is 3. The molecule has 1 aliphatic heterocycles. The quantitative estimate of drug-likeness (QED) is 0.330. The van der Waals surface area contributed by atoms with Gasteiger partial charge in [0.15, 0.2) is 4.87 Å². The van der Waals surface area contributed by atoms with Crippen LogP contribution in [0.3, 0.4) is 0 Å². The molecule has 2 rings (SSSR count). The summed E-state index contributed by atoms with van der Waals surface area (Å²) in [6.45, 7) is 2.06. The van der Waals surface area contributed by atoms with Gasteiger partial charge in [-0.1, -0.05) is 0 Å². The predicted molar refractivity (Wildman–Crippen MR) is 94.0 cm³/mol. The molecule has 0 spiro atoms. The number of non-ortho nitro benzene ring substituents is 1.